The van der Waals surface area contributed by atoms with Crippen molar-refractivity contribution in [2.75, 3.05) is 12.4 Å². The molecule has 1 heterocycles. The lowest BCUT2D eigenvalue weighted by Gasteiger charge is -2.05. The van der Waals surface area contributed by atoms with Gasteiger partial charge in [0.2, 0.25) is 0 Å². The van der Waals surface area contributed by atoms with Crippen LogP contribution in [0.25, 0.3) is 0 Å². The highest BCUT2D eigenvalue weighted by molar-refractivity contribution is 5.89. The van der Waals surface area contributed by atoms with E-state index < -0.39 is 0 Å². The van der Waals surface area contributed by atoms with Crippen LogP contribution >= 0.6 is 0 Å². The van der Waals surface area contributed by atoms with E-state index in [2.05, 4.69) is 16.1 Å². The first kappa shape index (κ1) is 13.7. The summed E-state index contributed by atoms with van der Waals surface area (Å²) in [5.41, 5.74) is 3.08. The Hall–Kier alpha value is -2.74. The van der Waals surface area contributed by atoms with Crippen LogP contribution in [-0.2, 0) is 18.3 Å². The third-order valence-corrected chi connectivity index (χ3v) is 2.98. The number of ether oxygens (including phenoxy) is 1. The molecule has 5 nitrogen and oxygen atoms in total. The molecule has 0 saturated carbocycles. The first-order valence-electron chi connectivity index (χ1n) is 6.11. The van der Waals surface area contributed by atoms with Crippen molar-refractivity contribution in [3.63, 3.8) is 0 Å². The van der Waals surface area contributed by atoms with Crippen molar-refractivity contribution in [2.24, 2.45) is 7.05 Å². The molecule has 1 aromatic heterocycles. The Labute approximate surface area is 117 Å². The third-order valence-electron chi connectivity index (χ3n) is 2.98. The number of aryl methyl sites for hydroxylation is 1. The number of carbonyl (C=O) groups is 1. The molecule has 0 spiro atoms. The quantitative estimate of drug-likeness (QED) is 0.865. The van der Waals surface area contributed by atoms with Crippen LogP contribution in [-0.4, -0.2) is 17.6 Å². The molecule has 0 bridgehead atoms. The van der Waals surface area contributed by atoms with Crippen molar-refractivity contribution >= 4 is 11.7 Å². The maximum atomic E-state index is 11.3. The van der Waals surface area contributed by atoms with Crippen molar-refractivity contribution in [1.29, 1.82) is 5.26 Å². The normalized spacial score (nSPS) is 9.85. The number of methoxy groups -OCH3 is 1. The molecule has 0 aliphatic heterocycles. The van der Waals surface area contributed by atoms with Gasteiger partial charge in [0.05, 0.1) is 12.7 Å². The smallest absolute Gasteiger partial charge is 0.337 e. The third kappa shape index (κ3) is 2.98. The molecule has 2 rings (SSSR count). The summed E-state index contributed by atoms with van der Waals surface area (Å²) >= 11 is 0. The summed E-state index contributed by atoms with van der Waals surface area (Å²) in [6, 6.07) is 11.0. The highest BCUT2D eigenvalue weighted by atomic mass is 16.5. The Morgan fingerprint density at radius 3 is 2.65 bits per heavy atom. The number of rotatable bonds is 4. The van der Waals surface area contributed by atoms with Crippen LogP contribution in [0.4, 0.5) is 5.69 Å². The lowest BCUT2D eigenvalue weighted by atomic mass is 10.2. The van der Waals surface area contributed by atoms with Gasteiger partial charge in [-0.3, -0.25) is 0 Å². The van der Waals surface area contributed by atoms with Gasteiger partial charge in [0.15, 0.2) is 0 Å². The van der Waals surface area contributed by atoms with E-state index in [1.165, 1.54) is 7.11 Å². The van der Waals surface area contributed by atoms with Gasteiger partial charge in [-0.1, -0.05) is 0 Å². The molecule has 1 aromatic carbocycles. The summed E-state index contributed by atoms with van der Waals surface area (Å²) < 4.78 is 6.43. The predicted molar refractivity (Wildman–Crippen MR) is 75.2 cm³/mol. The second kappa shape index (κ2) is 5.93. The van der Waals surface area contributed by atoms with E-state index in [1.54, 1.807) is 16.7 Å². The molecular weight excluding hydrogens is 254 g/mol. The van der Waals surface area contributed by atoms with Gasteiger partial charge in [0.1, 0.15) is 11.8 Å². The van der Waals surface area contributed by atoms with Crippen molar-refractivity contribution in [3.05, 3.63) is 53.3 Å². The fourth-order valence-electron chi connectivity index (χ4n) is 1.89. The highest BCUT2D eigenvalue weighted by Gasteiger charge is 2.05. The molecule has 2 aromatic rings. The lowest BCUT2D eigenvalue weighted by molar-refractivity contribution is 0.0601. The standard InChI is InChI=1S/C15H15N3O2/c1-18-10-11(7-14(18)8-16)9-17-13-5-3-12(4-6-13)15(19)20-2/h3-7,10,17H,9H2,1-2H3. The van der Waals surface area contributed by atoms with Crippen LogP contribution in [0.2, 0.25) is 0 Å². The number of nitrogens with zero attached hydrogens (tertiary/aromatic N) is 2. The van der Waals surface area contributed by atoms with Gasteiger partial charge in [-0.2, -0.15) is 5.26 Å². The number of carbonyl (C=O) groups excluding carboxylic acids is 1. The number of esters is 1. The molecule has 0 amide bonds. The molecule has 0 atom stereocenters. The molecule has 0 unspecified atom stereocenters. The number of aromatic nitrogens is 1. The molecule has 0 saturated heterocycles. The molecule has 1 N–H and O–H groups in total. The molecule has 102 valence electrons. The van der Waals surface area contributed by atoms with Crippen LogP contribution in [0.15, 0.2) is 36.5 Å². The molecule has 20 heavy (non-hydrogen) atoms. The Kier molecular flexibility index (Phi) is 4.06. The molecule has 0 aliphatic carbocycles. The molecule has 0 fully saturated rings. The van der Waals surface area contributed by atoms with Crippen molar-refractivity contribution < 1.29 is 9.53 Å². The number of nitriles is 1. The summed E-state index contributed by atoms with van der Waals surface area (Å²) in [6.07, 6.45) is 1.91. The van der Waals surface area contributed by atoms with E-state index in [4.69, 9.17) is 5.26 Å². The van der Waals surface area contributed by atoms with E-state index in [9.17, 15) is 4.79 Å². The van der Waals surface area contributed by atoms with Crippen molar-refractivity contribution in [3.8, 4) is 6.07 Å². The van der Waals surface area contributed by atoms with E-state index in [-0.39, 0.29) is 5.97 Å². The molecule has 0 radical (unpaired) electrons. The van der Waals surface area contributed by atoms with E-state index >= 15 is 0 Å². The minimum Gasteiger partial charge on any atom is -0.465 e. The second-order valence-corrected chi connectivity index (χ2v) is 4.38. The topological polar surface area (TPSA) is 67.0 Å². The first-order chi connectivity index (χ1) is 9.63. The Bertz CT molecular complexity index is 651. The van der Waals surface area contributed by atoms with Gasteiger partial charge < -0.3 is 14.6 Å². The second-order valence-electron chi connectivity index (χ2n) is 4.38. The maximum absolute atomic E-state index is 11.3. The zero-order valence-corrected chi connectivity index (χ0v) is 11.4. The fraction of sp³-hybridized carbons (Fsp3) is 0.200. The van der Waals surface area contributed by atoms with E-state index in [0.717, 1.165) is 11.3 Å². The van der Waals surface area contributed by atoms with E-state index in [0.29, 0.717) is 17.8 Å². The summed E-state index contributed by atoms with van der Waals surface area (Å²) in [5.74, 6) is -0.349. The van der Waals surface area contributed by atoms with Crippen LogP contribution in [0.5, 0.6) is 0 Å². The summed E-state index contributed by atoms with van der Waals surface area (Å²) in [4.78, 5) is 11.3. The minimum absolute atomic E-state index is 0.349. The van der Waals surface area contributed by atoms with Crippen LogP contribution in [0, 0.1) is 11.3 Å². The number of benzene rings is 1. The van der Waals surface area contributed by atoms with Crippen LogP contribution in [0.1, 0.15) is 21.6 Å². The molecule has 0 aliphatic rings. The summed E-state index contributed by atoms with van der Waals surface area (Å²) in [5, 5.41) is 12.1. The summed E-state index contributed by atoms with van der Waals surface area (Å²) in [7, 11) is 3.20. The van der Waals surface area contributed by atoms with Gasteiger partial charge >= 0.3 is 5.97 Å². The van der Waals surface area contributed by atoms with Gasteiger partial charge in [-0.25, -0.2) is 4.79 Å². The highest BCUT2D eigenvalue weighted by Crippen LogP contribution is 2.13. The van der Waals surface area contributed by atoms with Gasteiger partial charge in [0, 0.05) is 25.5 Å². The Morgan fingerprint density at radius 2 is 2.10 bits per heavy atom. The van der Waals surface area contributed by atoms with Crippen LogP contribution < -0.4 is 5.32 Å². The predicted octanol–water partition coefficient (Wildman–Crippen LogP) is 2.30. The SMILES string of the molecule is COC(=O)c1ccc(NCc2cc(C#N)n(C)c2)cc1. The largest absolute Gasteiger partial charge is 0.465 e. The molecule has 5 heteroatoms. The zero-order chi connectivity index (χ0) is 14.5. The Morgan fingerprint density at radius 1 is 1.40 bits per heavy atom. The Balaban J connectivity index is 2.00. The monoisotopic (exact) mass is 269 g/mol. The first-order valence-corrected chi connectivity index (χ1v) is 6.11. The maximum Gasteiger partial charge on any atom is 0.337 e. The van der Waals surface area contributed by atoms with Crippen LogP contribution in [0.3, 0.4) is 0 Å². The summed E-state index contributed by atoms with van der Waals surface area (Å²) in [6.45, 7) is 0.618. The number of hydrogen-bond acceptors (Lipinski definition) is 4. The number of nitrogens with one attached hydrogen (secondary N) is 1. The number of hydrogen-bond donors (Lipinski definition) is 1. The van der Waals surface area contributed by atoms with E-state index in [1.807, 2.05) is 31.4 Å². The zero-order valence-electron chi connectivity index (χ0n) is 11.4. The van der Waals surface area contributed by atoms with Gasteiger partial charge in [-0.15, -0.1) is 0 Å². The van der Waals surface area contributed by atoms with Crippen molar-refractivity contribution in [2.45, 2.75) is 6.54 Å². The average Bonchev–Trinajstić information content (AvgIpc) is 2.85. The number of anilines is 1. The van der Waals surface area contributed by atoms with Gasteiger partial charge in [0.25, 0.3) is 0 Å². The lowest BCUT2D eigenvalue weighted by Crippen LogP contribution is -2.02. The average molecular weight is 269 g/mol. The minimum atomic E-state index is -0.349. The molecular formula is C15H15N3O2. The van der Waals surface area contributed by atoms with Gasteiger partial charge in [-0.05, 0) is 35.9 Å². The fourth-order valence-corrected chi connectivity index (χ4v) is 1.89. The van der Waals surface area contributed by atoms with Crippen molar-refractivity contribution in [1.82, 2.24) is 4.57 Å².